The van der Waals surface area contributed by atoms with Gasteiger partial charge in [0.1, 0.15) is 11.4 Å². The first-order chi connectivity index (χ1) is 8.94. The van der Waals surface area contributed by atoms with Crippen LogP contribution in [-0.2, 0) is 4.74 Å². The van der Waals surface area contributed by atoms with Gasteiger partial charge in [0.2, 0.25) is 0 Å². The summed E-state index contributed by atoms with van der Waals surface area (Å²) in [6, 6.07) is 7.28. The lowest BCUT2D eigenvalue weighted by Crippen LogP contribution is -2.28. The van der Waals surface area contributed by atoms with E-state index < -0.39 is 0 Å². The second-order valence-electron chi connectivity index (χ2n) is 5.31. The molecule has 0 atom stereocenters. The third kappa shape index (κ3) is 5.75. The molecule has 1 aromatic rings. The van der Waals surface area contributed by atoms with E-state index in [1.165, 1.54) is 0 Å². The molecule has 0 fully saturated rings. The molecule has 0 bridgehead atoms. The molecule has 0 aliphatic carbocycles. The first kappa shape index (κ1) is 15.5. The Morgan fingerprint density at radius 2 is 1.95 bits per heavy atom. The third-order valence-corrected chi connectivity index (χ3v) is 2.36. The largest absolute Gasteiger partial charge is 0.487 e. The number of carbonyl (C=O) groups is 1. The maximum Gasteiger partial charge on any atom is 0.255 e. The molecular formula is C15H23NO3. The van der Waals surface area contributed by atoms with E-state index in [2.05, 4.69) is 5.32 Å². The number of ether oxygens (including phenoxy) is 2. The molecular weight excluding hydrogens is 242 g/mol. The number of para-hydroxylation sites is 1. The first-order valence-corrected chi connectivity index (χ1v) is 6.49. The quantitative estimate of drug-likeness (QED) is 0.804. The fourth-order valence-corrected chi connectivity index (χ4v) is 1.59. The maximum absolute atomic E-state index is 12.1. The molecule has 0 spiro atoms. The number of nitrogens with one attached hydrogen (secondary N) is 1. The normalized spacial score (nSPS) is 11.2. The molecule has 1 amide bonds. The number of rotatable bonds is 6. The van der Waals surface area contributed by atoms with Crippen molar-refractivity contribution in [3.8, 4) is 5.75 Å². The zero-order valence-corrected chi connectivity index (χ0v) is 12.2. The Hall–Kier alpha value is -1.55. The van der Waals surface area contributed by atoms with Gasteiger partial charge in [-0.15, -0.1) is 0 Å². The van der Waals surface area contributed by atoms with Gasteiger partial charge in [-0.25, -0.2) is 0 Å². The molecule has 0 saturated carbocycles. The highest BCUT2D eigenvalue weighted by Gasteiger charge is 2.17. The van der Waals surface area contributed by atoms with Crippen molar-refractivity contribution in [2.24, 2.45) is 0 Å². The zero-order chi connectivity index (χ0) is 14.3. The van der Waals surface area contributed by atoms with Crippen LogP contribution in [0.15, 0.2) is 24.3 Å². The Labute approximate surface area is 115 Å². The van der Waals surface area contributed by atoms with Crippen molar-refractivity contribution < 1.29 is 14.3 Å². The predicted octanol–water partition coefficient (Wildman–Crippen LogP) is 2.63. The van der Waals surface area contributed by atoms with Crippen molar-refractivity contribution in [3.63, 3.8) is 0 Å². The molecule has 1 rings (SSSR count). The second kappa shape index (κ2) is 7.14. The molecule has 106 valence electrons. The molecule has 1 aromatic carbocycles. The molecule has 4 nitrogen and oxygen atoms in total. The monoisotopic (exact) mass is 265 g/mol. The Balaban J connectivity index is 2.68. The van der Waals surface area contributed by atoms with Crippen LogP contribution in [0, 0.1) is 0 Å². The van der Waals surface area contributed by atoms with Gasteiger partial charge in [0.15, 0.2) is 0 Å². The van der Waals surface area contributed by atoms with Crippen LogP contribution in [0.3, 0.4) is 0 Å². The summed E-state index contributed by atoms with van der Waals surface area (Å²) in [7, 11) is 1.65. The van der Waals surface area contributed by atoms with Crippen LogP contribution in [0.25, 0.3) is 0 Å². The van der Waals surface area contributed by atoms with Crippen molar-refractivity contribution in [2.75, 3.05) is 20.3 Å². The minimum atomic E-state index is -0.327. The van der Waals surface area contributed by atoms with Crippen LogP contribution in [0.2, 0.25) is 0 Å². The zero-order valence-electron chi connectivity index (χ0n) is 12.2. The van der Waals surface area contributed by atoms with E-state index in [4.69, 9.17) is 9.47 Å². The van der Waals surface area contributed by atoms with Crippen LogP contribution in [0.5, 0.6) is 5.75 Å². The highest BCUT2D eigenvalue weighted by Crippen LogP contribution is 2.22. The van der Waals surface area contributed by atoms with E-state index >= 15 is 0 Å². The lowest BCUT2D eigenvalue weighted by molar-refractivity contribution is 0.0928. The summed E-state index contributed by atoms with van der Waals surface area (Å²) in [6.45, 7) is 7.11. The molecule has 19 heavy (non-hydrogen) atoms. The van der Waals surface area contributed by atoms with Crippen LogP contribution < -0.4 is 10.1 Å². The fourth-order valence-electron chi connectivity index (χ4n) is 1.59. The Bertz CT molecular complexity index is 410. The second-order valence-corrected chi connectivity index (χ2v) is 5.31. The number of amides is 1. The Morgan fingerprint density at radius 3 is 2.58 bits per heavy atom. The van der Waals surface area contributed by atoms with Crippen molar-refractivity contribution in [2.45, 2.75) is 32.8 Å². The van der Waals surface area contributed by atoms with E-state index in [0.29, 0.717) is 24.5 Å². The summed E-state index contributed by atoms with van der Waals surface area (Å²) in [5, 5.41) is 2.86. The van der Waals surface area contributed by atoms with Gasteiger partial charge in [-0.3, -0.25) is 4.79 Å². The molecule has 0 aliphatic rings. The Kier molecular flexibility index (Phi) is 5.83. The van der Waals surface area contributed by atoms with Crippen LogP contribution in [-0.4, -0.2) is 31.8 Å². The SMILES string of the molecule is COCCCNC(=O)c1ccccc1OC(C)(C)C. The summed E-state index contributed by atoms with van der Waals surface area (Å²) < 4.78 is 10.7. The van der Waals surface area contributed by atoms with Crippen molar-refractivity contribution in [1.29, 1.82) is 0 Å². The van der Waals surface area contributed by atoms with E-state index in [1.54, 1.807) is 13.2 Å². The average Bonchev–Trinajstić information content (AvgIpc) is 2.33. The highest BCUT2D eigenvalue weighted by atomic mass is 16.5. The van der Waals surface area contributed by atoms with Gasteiger partial charge in [0.05, 0.1) is 5.56 Å². The molecule has 0 aliphatic heterocycles. The van der Waals surface area contributed by atoms with E-state index in [0.717, 1.165) is 6.42 Å². The van der Waals surface area contributed by atoms with Gasteiger partial charge in [-0.05, 0) is 39.3 Å². The van der Waals surface area contributed by atoms with Crippen molar-refractivity contribution >= 4 is 5.91 Å². The first-order valence-electron chi connectivity index (χ1n) is 6.49. The van der Waals surface area contributed by atoms with Gasteiger partial charge < -0.3 is 14.8 Å². The Morgan fingerprint density at radius 1 is 1.26 bits per heavy atom. The maximum atomic E-state index is 12.1. The topological polar surface area (TPSA) is 47.6 Å². The average molecular weight is 265 g/mol. The van der Waals surface area contributed by atoms with Crippen LogP contribution in [0.1, 0.15) is 37.6 Å². The van der Waals surface area contributed by atoms with Gasteiger partial charge >= 0.3 is 0 Å². The third-order valence-electron chi connectivity index (χ3n) is 2.36. The van der Waals surface area contributed by atoms with Crippen molar-refractivity contribution in [1.82, 2.24) is 5.32 Å². The van der Waals surface area contributed by atoms with E-state index in [1.807, 2.05) is 39.0 Å². The molecule has 4 heteroatoms. The van der Waals surface area contributed by atoms with Crippen LogP contribution >= 0.6 is 0 Å². The van der Waals surface area contributed by atoms with Gasteiger partial charge in [-0.1, -0.05) is 12.1 Å². The summed E-state index contributed by atoms with van der Waals surface area (Å²) in [5.74, 6) is 0.496. The van der Waals surface area contributed by atoms with Crippen LogP contribution in [0.4, 0.5) is 0 Å². The minimum Gasteiger partial charge on any atom is -0.487 e. The number of benzene rings is 1. The van der Waals surface area contributed by atoms with Crippen molar-refractivity contribution in [3.05, 3.63) is 29.8 Å². The molecule has 1 N–H and O–H groups in total. The lowest BCUT2D eigenvalue weighted by Gasteiger charge is -2.23. The molecule has 0 saturated heterocycles. The molecule has 0 heterocycles. The molecule has 0 aromatic heterocycles. The van der Waals surface area contributed by atoms with Gasteiger partial charge in [-0.2, -0.15) is 0 Å². The molecule has 0 radical (unpaired) electrons. The number of methoxy groups -OCH3 is 1. The standard InChI is InChI=1S/C15H23NO3/c1-15(2,3)19-13-9-6-5-8-12(13)14(17)16-10-7-11-18-4/h5-6,8-9H,7,10-11H2,1-4H3,(H,16,17). The smallest absolute Gasteiger partial charge is 0.255 e. The number of hydrogen-bond donors (Lipinski definition) is 1. The summed E-state index contributed by atoms with van der Waals surface area (Å²) in [4.78, 5) is 12.1. The molecule has 0 unspecified atom stereocenters. The number of carbonyl (C=O) groups excluding carboxylic acids is 1. The fraction of sp³-hybridized carbons (Fsp3) is 0.533. The van der Waals surface area contributed by atoms with E-state index in [9.17, 15) is 4.79 Å². The highest BCUT2D eigenvalue weighted by molar-refractivity contribution is 5.96. The van der Waals surface area contributed by atoms with Gasteiger partial charge in [0.25, 0.3) is 5.91 Å². The summed E-state index contributed by atoms with van der Waals surface area (Å²) >= 11 is 0. The minimum absolute atomic E-state index is 0.115. The van der Waals surface area contributed by atoms with Gasteiger partial charge in [0, 0.05) is 20.3 Å². The predicted molar refractivity (Wildman–Crippen MR) is 75.6 cm³/mol. The number of hydrogen-bond acceptors (Lipinski definition) is 3. The summed E-state index contributed by atoms with van der Waals surface area (Å²) in [6.07, 6.45) is 0.796. The summed E-state index contributed by atoms with van der Waals surface area (Å²) in [5.41, 5.74) is 0.238. The lowest BCUT2D eigenvalue weighted by atomic mass is 10.1. The van der Waals surface area contributed by atoms with E-state index in [-0.39, 0.29) is 11.5 Å².